The smallest absolute Gasteiger partial charge is 0.315 e. The Morgan fingerprint density at radius 1 is 1.36 bits per heavy atom. The van der Waals surface area contributed by atoms with Gasteiger partial charge in [-0.25, -0.2) is 9.78 Å². The molecule has 0 radical (unpaired) electrons. The van der Waals surface area contributed by atoms with E-state index in [-0.39, 0.29) is 18.1 Å². The molecule has 2 atom stereocenters. The first-order valence-corrected chi connectivity index (χ1v) is 8.30. The number of thiazole rings is 1. The Morgan fingerprint density at radius 3 is 2.59 bits per heavy atom. The van der Waals surface area contributed by atoms with Gasteiger partial charge in [0.25, 0.3) is 0 Å². The lowest BCUT2D eigenvalue weighted by Crippen LogP contribution is -2.38. The van der Waals surface area contributed by atoms with Crippen LogP contribution in [0.5, 0.6) is 0 Å². The van der Waals surface area contributed by atoms with Gasteiger partial charge in [0.1, 0.15) is 0 Å². The lowest BCUT2D eigenvalue weighted by Gasteiger charge is -2.17. The summed E-state index contributed by atoms with van der Waals surface area (Å²) in [5.41, 5.74) is 2.85. The quantitative estimate of drug-likeness (QED) is 0.889. The molecule has 2 aromatic heterocycles. The van der Waals surface area contributed by atoms with Crippen LogP contribution in [0.3, 0.4) is 0 Å². The third-order valence-corrected chi connectivity index (χ3v) is 4.54. The Hall–Kier alpha value is -1.89. The standard InChI is InChI=1S/C15H23N5OS/c1-6-14-18-13(8-22-14)11(4)17-15(21)16-9(2)12-7-20(5)19-10(12)3/h7-9,11H,6H2,1-5H3,(H2,16,17,21). The second-order valence-electron chi connectivity index (χ2n) is 5.42. The first-order chi connectivity index (χ1) is 10.4. The fourth-order valence-electron chi connectivity index (χ4n) is 2.32. The molecule has 2 amide bonds. The van der Waals surface area contributed by atoms with Crippen molar-refractivity contribution in [3.63, 3.8) is 0 Å². The van der Waals surface area contributed by atoms with Crippen molar-refractivity contribution in [2.45, 2.75) is 46.2 Å². The molecule has 0 saturated carbocycles. The Labute approximate surface area is 135 Å². The van der Waals surface area contributed by atoms with Gasteiger partial charge in [-0.05, 0) is 27.2 Å². The van der Waals surface area contributed by atoms with E-state index in [0.717, 1.165) is 28.4 Å². The minimum atomic E-state index is -0.200. The topological polar surface area (TPSA) is 71.8 Å². The van der Waals surface area contributed by atoms with Crippen LogP contribution in [0.2, 0.25) is 0 Å². The average Bonchev–Trinajstić information content (AvgIpc) is 3.04. The van der Waals surface area contributed by atoms with Crippen molar-refractivity contribution in [2.75, 3.05) is 0 Å². The molecule has 6 nitrogen and oxygen atoms in total. The van der Waals surface area contributed by atoms with E-state index >= 15 is 0 Å². The predicted octanol–water partition coefficient (Wildman–Crippen LogP) is 2.87. The summed E-state index contributed by atoms with van der Waals surface area (Å²) in [4.78, 5) is 16.6. The molecule has 7 heteroatoms. The number of hydrogen-bond donors (Lipinski definition) is 2. The zero-order valence-electron chi connectivity index (χ0n) is 13.7. The number of hydrogen-bond acceptors (Lipinski definition) is 4. The van der Waals surface area contributed by atoms with Crippen molar-refractivity contribution in [3.05, 3.63) is 33.5 Å². The molecule has 0 aliphatic rings. The highest BCUT2D eigenvalue weighted by Gasteiger charge is 2.17. The molecule has 120 valence electrons. The first kappa shape index (κ1) is 16.5. The molecule has 2 heterocycles. The van der Waals surface area contributed by atoms with Gasteiger partial charge in [-0.15, -0.1) is 11.3 Å². The van der Waals surface area contributed by atoms with Gasteiger partial charge in [-0.3, -0.25) is 4.68 Å². The number of aryl methyl sites for hydroxylation is 3. The molecule has 0 saturated heterocycles. The number of urea groups is 1. The molecule has 0 bridgehead atoms. The maximum atomic E-state index is 12.1. The average molecular weight is 321 g/mol. The highest BCUT2D eigenvalue weighted by Crippen LogP contribution is 2.18. The van der Waals surface area contributed by atoms with Crippen molar-refractivity contribution in [1.82, 2.24) is 25.4 Å². The normalized spacial score (nSPS) is 13.7. The molecule has 0 aliphatic carbocycles. The van der Waals surface area contributed by atoms with E-state index in [1.54, 1.807) is 16.0 Å². The molecule has 2 unspecified atom stereocenters. The number of rotatable bonds is 5. The number of carbonyl (C=O) groups is 1. The van der Waals surface area contributed by atoms with Gasteiger partial charge in [0.15, 0.2) is 0 Å². The zero-order valence-corrected chi connectivity index (χ0v) is 14.5. The van der Waals surface area contributed by atoms with Crippen LogP contribution in [0.1, 0.15) is 54.8 Å². The summed E-state index contributed by atoms with van der Waals surface area (Å²) in [7, 11) is 1.87. The number of nitrogens with zero attached hydrogens (tertiary/aromatic N) is 3. The van der Waals surface area contributed by atoms with Crippen molar-refractivity contribution >= 4 is 17.4 Å². The van der Waals surface area contributed by atoms with Crippen LogP contribution in [0.15, 0.2) is 11.6 Å². The predicted molar refractivity (Wildman–Crippen MR) is 87.9 cm³/mol. The molecular weight excluding hydrogens is 298 g/mol. The lowest BCUT2D eigenvalue weighted by molar-refractivity contribution is 0.234. The number of amides is 2. The van der Waals surface area contributed by atoms with Crippen LogP contribution in [0, 0.1) is 6.92 Å². The molecular formula is C15H23N5OS. The maximum Gasteiger partial charge on any atom is 0.315 e. The van der Waals surface area contributed by atoms with Crippen LogP contribution in [-0.2, 0) is 13.5 Å². The third kappa shape index (κ3) is 3.85. The van der Waals surface area contributed by atoms with Crippen molar-refractivity contribution in [2.24, 2.45) is 7.05 Å². The van der Waals surface area contributed by atoms with E-state index in [1.165, 1.54) is 0 Å². The van der Waals surface area contributed by atoms with Crippen LogP contribution < -0.4 is 10.6 Å². The SMILES string of the molecule is CCc1nc(C(C)NC(=O)NC(C)c2cn(C)nc2C)cs1. The van der Waals surface area contributed by atoms with Gasteiger partial charge >= 0.3 is 6.03 Å². The Balaban J connectivity index is 1.93. The van der Waals surface area contributed by atoms with E-state index in [2.05, 4.69) is 27.6 Å². The van der Waals surface area contributed by atoms with E-state index in [1.807, 2.05) is 39.4 Å². The summed E-state index contributed by atoms with van der Waals surface area (Å²) < 4.78 is 1.75. The van der Waals surface area contributed by atoms with Crippen LogP contribution >= 0.6 is 11.3 Å². The summed E-state index contributed by atoms with van der Waals surface area (Å²) in [6, 6.07) is -0.407. The second-order valence-corrected chi connectivity index (χ2v) is 6.37. The van der Waals surface area contributed by atoms with Crippen LogP contribution in [0.25, 0.3) is 0 Å². The van der Waals surface area contributed by atoms with Gasteiger partial charge in [-0.1, -0.05) is 6.92 Å². The molecule has 22 heavy (non-hydrogen) atoms. The molecule has 2 rings (SSSR count). The van der Waals surface area contributed by atoms with Gasteiger partial charge in [0.05, 0.1) is 28.5 Å². The fraction of sp³-hybridized carbons (Fsp3) is 0.533. The summed E-state index contributed by atoms with van der Waals surface area (Å²) >= 11 is 1.63. The van der Waals surface area contributed by atoms with Crippen molar-refractivity contribution in [3.8, 4) is 0 Å². The highest BCUT2D eigenvalue weighted by atomic mass is 32.1. The molecule has 0 aromatic carbocycles. The molecule has 2 aromatic rings. The van der Waals surface area contributed by atoms with Crippen molar-refractivity contribution in [1.29, 1.82) is 0 Å². The molecule has 0 spiro atoms. The fourth-order valence-corrected chi connectivity index (χ4v) is 3.15. The Morgan fingerprint density at radius 2 is 2.05 bits per heavy atom. The maximum absolute atomic E-state index is 12.1. The summed E-state index contributed by atoms with van der Waals surface area (Å²) in [5.74, 6) is 0. The minimum Gasteiger partial charge on any atom is -0.332 e. The van der Waals surface area contributed by atoms with E-state index in [4.69, 9.17) is 0 Å². The van der Waals surface area contributed by atoms with Crippen LogP contribution in [0.4, 0.5) is 4.79 Å². The third-order valence-electron chi connectivity index (χ3n) is 3.53. The molecule has 0 aliphatic heterocycles. The monoisotopic (exact) mass is 321 g/mol. The first-order valence-electron chi connectivity index (χ1n) is 7.42. The summed E-state index contributed by atoms with van der Waals surface area (Å²) in [6.45, 7) is 7.90. The number of carbonyl (C=O) groups excluding carboxylic acids is 1. The minimum absolute atomic E-state index is 0.0949. The Bertz CT molecular complexity index is 648. The highest BCUT2D eigenvalue weighted by molar-refractivity contribution is 7.09. The van der Waals surface area contributed by atoms with Gasteiger partial charge in [-0.2, -0.15) is 5.10 Å². The molecule has 2 N–H and O–H groups in total. The second kappa shape index (κ2) is 6.91. The Kier molecular flexibility index (Phi) is 5.18. The van der Waals surface area contributed by atoms with E-state index < -0.39 is 0 Å². The molecule has 0 fully saturated rings. The van der Waals surface area contributed by atoms with Gasteiger partial charge in [0.2, 0.25) is 0 Å². The summed E-state index contributed by atoms with van der Waals surface area (Å²) in [6.07, 6.45) is 2.85. The number of aromatic nitrogens is 3. The van der Waals surface area contributed by atoms with E-state index in [0.29, 0.717) is 0 Å². The zero-order chi connectivity index (χ0) is 16.3. The van der Waals surface area contributed by atoms with Crippen molar-refractivity contribution < 1.29 is 4.79 Å². The number of nitrogens with one attached hydrogen (secondary N) is 2. The van der Waals surface area contributed by atoms with Gasteiger partial charge < -0.3 is 10.6 Å². The largest absolute Gasteiger partial charge is 0.332 e. The lowest BCUT2D eigenvalue weighted by atomic mass is 10.1. The van der Waals surface area contributed by atoms with Crippen LogP contribution in [-0.4, -0.2) is 20.8 Å². The van der Waals surface area contributed by atoms with Gasteiger partial charge in [0, 0.05) is 24.2 Å². The summed E-state index contributed by atoms with van der Waals surface area (Å²) in [5, 5.41) is 13.3. The van der Waals surface area contributed by atoms with E-state index in [9.17, 15) is 4.79 Å².